The van der Waals surface area contributed by atoms with E-state index >= 15 is 0 Å². The molecular formula is C11H13N5O2S. The van der Waals surface area contributed by atoms with Crippen molar-refractivity contribution < 1.29 is 9.59 Å². The summed E-state index contributed by atoms with van der Waals surface area (Å²) < 4.78 is 1.54. The predicted molar refractivity (Wildman–Crippen MR) is 69.0 cm³/mol. The minimum atomic E-state index is 0.0184. The number of amides is 1. The Morgan fingerprint density at radius 3 is 2.95 bits per heavy atom. The number of aldehydes is 1. The summed E-state index contributed by atoms with van der Waals surface area (Å²) in [4.78, 5) is 27.9. The molecule has 0 aliphatic heterocycles. The van der Waals surface area contributed by atoms with Crippen molar-refractivity contribution in [1.29, 1.82) is 0 Å². The first-order valence-corrected chi connectivity index (χ1v) is 6.45. The van der Waals surface area contributed by atoms with Crippen LogP contribution in [0.1, 0.15) is 21.2 Å². The molecular weight excluding hydrogens is 266 g/mol. The largest absolute Gasteiger partial charge is 0.348 e. The molecule has 19 heavy (non-hydrogen) atoms. The molecule has 1 amide bonds. The van der Waals surface area contributed by atoms with Crippen LogP contribution >= 0.6 is 11.3 Å². The van der Waals surface area contributed by atoms with E-state index in [9.17, 15) is 9.59 Å². The first-order valence-electron chi connectivity index (χ1n) is 5.57. The molecule has 0 unspecified atom stereocenters. The molecule has 0 aliphatic carbocycles. The van der Waals surface area contributed by atoms with Crippen LogP contribution in [0, 0.1) is 0 Å². The van der Waals surface area contributed by atoms with E-state index in [0.717, 1.165) is 10.7 Å². The monoisotopic (exact) mass is 279 g/mol. The number of nitrogens with zero attached hydrogens (tertiary/aromatic N) is 5. The Balaban J connectivity index is 2.01. The molecule has 0 saturated heterocycles. The Hall–Kier alpha value is -2.09. The van der Waals surface area contributed by atoms with Crippen LogP contribution in [0.15, 0.2) is 11.6 Å². The Morgan fingerprint density at radius 1 is 1.53 bits per heavy atom. The second-order valence-electron chi connectivity index (χ2n) is 4.16. The first-order chi connectivity index (χ1) is 9.08. The molecule has 0 atom stereocenters. The Morgan fingerprint density at radius 2 is 2.32 bits per heavy atom. The zero-order valence-corrected chi connectivity index (χ0v) is 11.4. The fraction of sp³-hybridized carbons (Fsp3) is 0.364. The van der Waals surface area contributed by atoms with Gasteiger partial charge in [-0.05, 0) is 0 Å². The van der Waals surface area contributed by atoms with Crippen molar-refractivity contribution in [3.63, 3.8) is 0 Å². The van der Waals surface area contributed by atoms with Crippen LogP contribution in [0.3, 0.4) is 0 Å². The summed E-state index contributed by atoms with van der Waals surface area (Å²) in [5.41, 5.74) is 1.09. The third-order valence-corrected chi connectivity index (χ3v) is 3.30. The molecule has 0 aliphatic rings. The number of hydrogen-bond acceptors (Lipinski definition) is 6. The predicted octanol–water partition coefficient (Wildman–Crippen LogP) is 0.226. The van der Waals surface area contributed by atoms with Gasteiger partial charge in [0.2, 0.25) is 5.91 Å². The van der Waals surface area contributed by atoms with Gasteiger partial charge in [-0.2, -0.15) is 0 Å². The molecule has 0 N–H and O–H groups in total. The number of rotatable bonds is 5. The Bertz CT molecular complexity index is 589. The standard InChI is InChI=1S/C11H13N5O2S/c1-15(2)11(18)3-10-12-9(7-19-10)5-16-4-8(6-17)13-14-16/h4,6-7H,3,5H2,1-2H3. The molecule has 0 saturated carbocycles. The van der Waals surface area contributed by atoms with Crippen molar-refractivity contribution in [3.05, 3.63) is 28.0 Å². The number of carbonyl (C=O) groups is 2. The van der Waals surface area contributed by atoms with Crippen LogP contribution in [0.5, 0.6) is 0 Å². The molecule has 2 aromatic rings. The molecule has 0 spiro atoms. The van der Waals surface area contributed by atoms with Crippen molar-refractivity contribution in [3.8, 4) is 0 Å². The number of carbonyl (C=O) groups excluding carboxylic acids is 2. The second-order valence-corrected chi connectivity index (χ2v) is 5.10. The van der Waals surface area contributed by atoms with Crippen LogP contribution in [0.25, 0.3) is 0 Å². The highest BCUT2D eigenvalue weighted by Crippen LogP contribution is 2.12. The summed E-state index contributed by atoms with van der Waals surface area (Å²) >= 11 is 1.44. The van der Waals surface area contributed by atoms with E-state index in [2.05, 4.69) is 15.3 Å². The van der Waals surface area contributed by atoms with Gasteiger partial charge in [-0.15, -0.1) is 16.4 Å². The highest BCUT2D eigenvalue weighted by atomic mass is 32.1. The van der Waals surface area contributed by atoms with E-state index < -0.39 is 0 Å². The van der Waals surface area contributed by atoms with Gasteiger partial charge in [-0.1, -0.05) is 5.21 Å². The minimum absolute atomic E-state index is 0.0184. The van der Waals surface area contributed by atoms with Gasteiger partial charge in [0, 0.05) is 19.5 Å². The van der Waals surface area contributed by atoms with E-state index in [1.807, 2.05) is 5.38 Å². The summed E-state index contributed by atoms with van der Waals surface area (Å²) in [6, 6.07) is 0. The van der Waals surface area contributed by atoms with Gasteiger partial charge in [0.25, 0.3) is 0 Å². The molecule has 0 fully saturated rings. The van der Waals surface area contributed by atoms with Gasteiger partial charge in [-0.3, -0.25) is 9.59 Å². The topological polar surface area (TPSA) is 81.0 Å². The molecule has 2 heterocycles. The lowest BCUT2D eigenvalue weighted by Gasteiger charge is -2.07. The van der Waals surface area contributed by atoms with Crippen molar-refractivity contribution in [1.82, 2.24) is 24.9 Å². The summed E-state index contributed by atoms with van der Waals surface area (Å²) in [7, 11) is 3.43. The molecule has 0 aromatic carbocycles. The lowest BCUT2D eigenvalue weighted by atomic mass is 10.4. The van der Waals surface area contributed by atoms with Gasteiger partial charge in [0.15, 0.2) is 6.29 Å². The molecule has 0 bridgehead atoms. The van der Waals surface area contributed by atoms with Crippen LogP contribution in [-0.4, -0.2) is 51.2 Å². The lowest BCUT2D eigenvalue weighted by molar-refractivity contribution is -0.127. The average Bonchev–Trinajstić information content (AvgIpc) is 2.99. The fourth-order valence-electron chi connectivity index (χ4n) is 1.40. The summed E-state index contributed by atoms with van der Waals surface area (Å²) in [6.07, 6.45) is 2.50. The zero-order chi connectivity index (χ0) is 13.8. The molecule has 100 valence electrons. The van der Waals surface area contributed by atoms with Crippen LogP contribution in [0.4, 0.5) is 0 Å². The van der Waals surface area contributed by atoms with E-state index in [-0.39, 0.29) is 5.91 Å². The lowest BCUT2D eigenvalue weighted by Crippen LogP contribution is -2.23. The van der Waals surface area contributed by atoms with E-state index in [0.29, 0.717) is 24.9 Å². The average molecular weight is 279 g/mol. The highest BCUT2D eigenvalue weighted by Gasteiger charge is 2.10. The van der Waals surface area contributed by atoms with Gasteiger partial charge in [-0.25, -0.2) is 9.67 Å². The van der Waals surface area contributed by atoms with Crippen LogP contribution < -0.4 is 0 Å². The summed E-state index contributed by atoms with van der Waals surface area (Å²) in [6.45, 7) is 0.438. The minimum Gasteiger partial charge on any atom is -0.348 e. The summed E-state index contributed by atoms with van der Waals surface area (Å²) in [5, 5.41) is 10.1. The molecule has 0 radical (unpaired) electrons. The highest BCUT2D eigenvalue weighted by molar-refractivity contribution is 7.09. The molecule has 7 nitrogen and oxygen atoms in total. The van der Waals surface area contributed by atoms with E-state index in [1.54, 1.807) is 20.3 Å². The van der Waals surface area contributed by atoms with Crippen molar-refractivity contribution in [2.75, 3.05) is 14.1 Å². The Kier molecular flexibility index (Phi) is 4.00. The number of thiazole rings is 1. The van der Waals surface area contributed by atoms with Gasteiger partial charge in [0.05, 0.1) is 24.9 Å². The third-order valence-electron chi connectivity index (χ3n) is 2.40. The molecule has 8 heteroatoms. The van der Waals surface area contributed by atoms with Gasteiger partial charge < -0.3 is 4.90 Å². The van der Waals surface area contributed by atoms with Gasteiger partial charge in [0.1, 0.15) is 10.7 Å². The number of likely N-dealkylation sites (N-methyl/N-ethyl adjacent to an activating group) is 1. The van der Waals surface area contributed by atoms with Crippen LogP contribution in [0.2, 0.25) is 0 Å². The molecule has 2 aromatic heterocycles. The van der Waals surface area contributed by atoms with Crippen LogP contribution in [-0.2, 0) is 17.8 Å². The van der Waals surface area contributed by atoms with Crippen molar-refractivity contribution in [2.24, 2.45) is 0 Å². The number of aromatic nitrogens is 4. The molecule has 2 rings (SSSR count). The maximum atomic E-state index is 11.5. The third kappa shape index (κ3) is 3.44. The fourth-order valence-corrected chi connectivity index (χ4v) is 2.18. The second kappa shape index (κ2) is 5.70. The SMILES string of the molecule is CN(C)C(=O)Cc1nc(Cn2cc(C=O)nn2)cs1. The van der Waals surface area contributed by atoms with Crippen molar-refractivity contribution >= 4 is 23.5 Å². The van der Waals surface area contributed by atoms with Crippen molar-refractivity contribution in [2.45, 2.75) is 13.0 Å². The Labute approximate surface area is 113 Å². The normalized spacial score (nSPS) is 10.4. The van der Waals surface area contributed by atoms with Gasteiger partial charge >= 0.3 is 0 Å². The maximum Gasteiger partial charge on any atom is 0.228 e. The first kappa shape index (κ1) is 13.3. The number of hydrogen-bond donors (Lipinski definition) is 0. The maximum absolute atomic E-state index is 11.5. The zero-order valence-electron chi connectivity index (χ0n) is 10.6. The van der Waals surface area contributed by atoms with E-state index in [4.69, 9.17) is 0 Å². The quantitative estimate of drug-likeness (QED) is 0.732. The smallest absolute Gasteiger partial charge is 0.228 e. The summed E-state index contributed by atoms with van der Waals surface area (Å²) in [5.74, 6) is 0.0184. The van der Waals surface area contributed by atoms with E-state index in [1.165, 1.54) is 20.9 Å².